The molecule has 0 aliphatic heterocycles. The van der Waals surface area contributed by atoms with E-state index in [4.69, 9.17) is 0 Å². The van der Waals surface area contributed by atoms with Crippen molar-refractivity contribution in [2.45, 2.75) is 41.0 Å². The summed E-state index contributed by atoms with van der Waals surface area (Å²) in [5.74, 6) is 0. The van der Waals surface area contributed by atoms with Crippen LogP contribution >= 0.6 is 0 Å². The van der Waals surface area contributed by atoms with E-state index in [1.807, 2.05) is 4.57 Å². The first-order valence-electron chi connectivity index (χ1n) is 11.3. The Morgan fingerprint density at radius 3 is 2.24 bits per heavy atom. The molecule has 0 spiro atoms. The summed E-state index contributed by atoms with van der Waals surface area (Å²) in [6.45, 7) is 15.7. The molecule has 5 rings (SSSR count). The second-order valence-corrected chi connectivity index (χ2v) is 10.3. The van der Waals surface area contributed by atoms with Crippen molar-refractivity contribution >= 4 is 27.3 Å². The fourth-order valence-electron chi connectivity index (χ4n) is 5.21. The van der Waals surface area contributed by atoms with Gasteiger partial charge in [-0.05, 0) is 61.6 Å². The summed E-state index contributed by atoms with van der Waals surface area (Å²) in [5, 5.41) is 3.67. The van der Waals surface area contributed by atoms with Crippen LogP contribution in [0.3, 0.4) is 0 Å². The SMILES string of the molecule is [CH2-]c1cccc2c3cc(CC(C)(C)C)ccc3n3c(-c4c(C)cccc4C)c[n+]([CH2-])c3c12.[Ir]. The van der Waals surface area contributed by atoms with E-state index in [9.17, 15) is 0 Å². The minimum Gasteiger partial charge on any atom is -0.378 e. The van der Waals surface area contributed by atoms with E-state index in [0.29, 0.717) is 0 Å². The standard InChI is InChI=1S/C30H31N2.Ir/c1-19-10-8-11-20(2)27(19)26-18-31(7)29-28-21(3)12-9-13-23(28)24-16-22(17-30(4,5)6)14-15-25(24)32(26)29;/h8-16,18H,3,7,17H2,1-2,4-6H3;/q-1;. The second kappa shape index (κ2) is 8.24. The van der Waals surface area contributed by atoms with Crippen LogP contribution in [0.15, 0.2) is 60.8 Å². The Kier molecular flexibility index (Phi) is 5.85. The van der Waals surface area contributed by atoms with Gasteiger partial charge < -0.3 is 4.57 Å². The number of nitrogens with zero attached hydrogens (tertiary/aromatic N) is 2. The van der Waals surface area contributed by atoms with E-state index < -0.39 is 0 Å². The maximum absolute atomic E-state index is 4.39. The van der Waals surface area contributed by atoms with Gasteiger partial charge in [0, 0.05) is 37.3 Å². The fraction of sp³-hybridized carbons (Fsp3) is 0.233. The van der Waals surface area contributed by atoms with Crippen LogP contribution in [-0.2, 0) is 26.5 Å². The molecule has 0 amide bonds. The molecule has 0 fully saturated rings. The van der Waals surface area contributed by atoms with Gasteiger partial charge in [0.2, 0.25) is 0 Å². The molecule has 2 heterocycles. The first kappa shape index (κ1) is 23.4. The van der Waals surface area contributed by atoms with Crippen LogP contribution in [0.25, 0.3) is 38.6 Å². The van der Waals surface area contributed by atoms with Crippen LogP contribution < -0.4 is 4.57 Å². The summed E-state index contributed by atoms with van der Waals surface area (Å²) in [6, 6.07) is 19.9. The summed E-state index contributed by atoms with van der Waals surface area (Å²) in [4.78, 5) is 0. The fourth-order valence-corrected chi connectivity index (χ4v) is 5.21. The molecule has 0 saturated heterocycles. The molecule has 0 aliphatic rings. The number of rotatable bonds is 2. The van der Waals surface area contributed by atoms with Crippen LogP contribution in [0.5, 0.6) is 0 Å². The monoisotopic (exact) mass is 612 g/mol. The van der Waals surface area contributed by atoms with Gasteiger partial charge in [0.15, 0.2) is 0 Å². The Bertz CT molecular complexity index is 1500. The van der Waals surface area contributed by atoms with Gasteiger partial charge in [-0.2, -0.15) is 18.6 Å². The van der Waals surface area contributed by atoms with Crippen LogP contribution in [0.2, 0.25) is 0 Å². The predicted octanol–water partition coefficient (Wildman–Crippen LogP) is 7.23. The normalized spacial score (nSPS) is 11.9. The molecule has 0 unspecified atom stereocenters. The Balaban J connectivity index is 0.00000259. The molecule has 2 nitrogen and oxygen atoms in total. The number of fused-ring (bicyclic) bond motifs is 6. The minimum absolute atomic E-state index is 0. The first-order valence-corrected chi connectivity index (χ1v) is 11.3. The summed E-state index contributed by atoms with van der Waals surface area (Å²) >= 11 is 0. The van der Waals surface area contributed by atoms with Gasteiger partial charge >= 0.3 is 0 Å². The molecule has 1 radical (unpaired) electrons. The summed E-state index contributed by atoms with van der Waals surface area (Å²) < 4.78 is 4.40. The van der Waals surface area contributed by atoms with Crippen molar-refractivity contribution in [3.63, 3.8) is 0 Å². The van der Waals surface area contributed by atoms with Crippen molar-refractivity contribution in [1.29, 1.82) is 0 Å². The topological polar surface area (TPSA) is 8.29 Å². The predicted molar refractivity (Wildman–Crippen MR) is 136 cm³/mol. The summed E-state index contributed by atoms with van der Waals surface area (Å²) in [5.41, 5.74) is 9.89. The molecule has 5 aromatic rings. The van der Waals surface area contributed by atoms with Crippen molar-refractivity contribution in [3.8, 4) is 11.3 Å². The number of pyridine rings is 1. The van der Waals surface area contributed by atoms with E-state index in [0.717, 1.165) is 17.6 Å². The van der Waals surface area contributed by atoms with Gasteiger partial charge in [-0.15, -0.1) is 6.07 Å². The van der Waals surface area contributed by atoms with Gasteiger partial charge in [-0.25, -0.2) is 0 Å². The maximum atomic E-state index is 4.39. The summed E-state index contributed by atoms with van der Waals surface area (Å²) in [7, 11) is 4.39. The molecule has 3 heteroatoms. The van der Waals surface area contributed by atoms with Crippen LogP contribution in [-0.4, -0.2) is 4.40 Å². The zero-order chi connectivity index (χ0) is 22.8. The zero-order valence-electron chi connectivity index (χ0n) is 20.1. The molecule has 33 heavy (non-hydrogen) atoms. The van der Waals surface area contributed by atoms with Gasteiger partial charge in [0.25, 0.3) is 0 Å². The second-order valence-electron chi connectivity index (χ2n) is 10.3. The average molecular weight is 612 g/mol. The molecular weight excluding hydrogens is 581 g/mol. The third-order valence-corrected chi connectivity index (χ3v) is 6.44. The molecule has 3 aromatic carbocycles. The third kappa shape index (κ3) is 3.84. The molecule has 0 atom stereocenters. The summed E-state index contributed by atoms with van der Waals surface area (Å²) in [6.07, 6.45) is 3.20. The molecule has 2 aromatic heterocycles. The molecule has 0 aliphatic carbocycles. The Morgan fingerprint density at radius 1 is 0.909 bits per heavy atom. The van der Waals surface area contributed by atoms with Gasteiger partial charge in [0.05, 0.1) is 0 Å². The maximum Gasteiger partial charge on any atom is 0.134 e. The van der Waals surface area contributed by atoms with Crippen molar-refractivity contribution in [3.05, 3.63) is 97.0 Å². The zero-order valence-corrected chi connectivity index (χ0v) is 22.5. The number of aryl methyl sites for hydroxylation is 2. The minimum atomic E-state index is 0. The Labute approximate surface area is 210 Å². The van der Waals surface area contributed by atoms with Crippen molar-refractivity contribution in [1.82, 2.24) is 4.40 Å². The van der Waals surface area contributed by atoms with Crippen LogP contribution in [0, 0.1) is 33.2 Å². The number of aromatic nitrogens is 2. The molecule has 0 N–H and O–H groups in total. The molecule has 0 saturated carbocycles. The van der Waals surface area contributed by atoms with Crippen LogP contribution in [0.1, 0.15) is 43.0 Å². The van der Waals surface area contributed by atoms with E-state index in [1.54, 1.807) is 0 Å². The molecule has 0 bridgehead atoms. The Morgan fingerprint density at radius 2 is 1.58 bits per heavy atom. The van der Waals surface area contributed by atoms with Gasteiger partial charge in [0.1, 0.15) is 16.9 Å². The first-order chi connectivity index (χ1) is 15.2. The number of hydrogen-bond acceptors (Lipinski definition) is 0. The third-order valence-electron chi connectivity index (χ3n) is 6.44. The van der Waals surface area contributed by atoms with Gasteiger partial charge in [-0.1, -0.05) is 61.9 Å². The average Bonchev–Trinajstić information content (AvgIpc) is 3.04. The number of hydrogen-bond donors (Lipinski definition) is 0. The molecular formula is C30H31IrN2-. The van der Waals surface area contributed by atoms with Gasteiger partial charge in [-0.3, -0.25) is 4.40 Å². The number of imidazole rings is 1. The van der Waals surface area contributed by atoms with Crippen molar-refractivity contribution in [2.24, 2.45) is 5.41 Å². The van der Waals surface area contributed by atoms with E-state index >= 15 is 0 Å². The van der Waals surface area contributed by atoms with Crippen LogP contribution in [0.4, 0.5) is 0 Å². The molecule has 171 valence electrons. The van der Waals surface area contributed by atoms with E-state index in [1.165, 1.54) is 49.6 Å². The van der Waals surface area contributed by atoms with E-state index in [2.05, 4.69) is 114 Å². The largest absolute Gasteiger partial charge is 0.378 e. The number of benzene rings is 3. The Hall–Kier alpha value is -2.74. The van der Waals surface area contributed by atoms with Crippen molar-refractivity contribution < 1.29 is 24.7 Å². The smallest absolute Gasteiger partial charge is 0.134 e. The quantitative estimate of drug-likeness (QED) is 0.113. The van der Waals surface area contributed by atoms with Crippen molar-refractivity contribution in [2.75, 3.05) is 0 Å². The van der Waals surface area contributed by atoms with E-state index in [-0.39, 0.29) is 25.5 Å².